The number of benzene rings is 1. The highest BCUT2D eigenvalue weighted by Crippen LogP contribution is 2.40. The Balaban J connectivity index is 1.76. The zero-order chi connectivity index (χ0) is 12.8. The molecule has 0 spiro atoms. The molecule has 0 radical (unpaired) electrons. The molecule has 0 N–H and O–H groups in total. The number of hydrogen-bond donors (Lipinski definition) is 0. The van der Waals surface area contributed by atoms with Gasteiger partial charge in [0.1, 0.15) is 5.65 Å². The second-order valence-corrected chi connectivity index (χ2v) is 6.38. The van der Waals surface area contributed by atoms with Gasteiger partial charge in [-0.15, -0.1) is 0 Å². The van der Waals surface area contributed by atoms with E-state index in [1.165, 1.54) is 27.5 Å². The number of halogens is 1. The molecule has 1 aliphatic rings. The summed E-state index contributed by atoms with van der Waals surface area (Å²) in [6.07, 6.45) is 6.91. The fraction of sp³-hybridized carbons (Fsp3) is 0.188. The summed E-state index contributed by atoms with van der Waals surface area (Å²) < 4.78 is 3.31. The van der Waals surface area contributed by atoms with Gasteiger partial charge >= 0.3 is 0 Å². The largest absolute Gasteiger partial charge is 0.305 e. The summed E-state index contributed by atoms with van der Waals surface area (Å²) in [7, 11) is 0. The van der Waals surface area contributed by atoms with E-state index in [9.17, 15) is 0 Å². The second kappa shape index (κ2) is 4.34. The van der Waals surface area contributed by atoms with Crippen LogP contribution in [0.25, 0.3) is 16.9 Å². The van der Waals surface area contributed by atoms with Crippen molar-refractivity contribution in [3.8, 4) is 11.3 Å². The third-order valence-electron chi connectivity index (χ3n) is 3.67. The summed E-state index contributed by atoms with van der Waals surface area (Å²) in [6, 6.07) is 13.0. The van der Waals surface area contributed by atoms with Crippen molar-refractivity contribution < 1.29 is 0 Å². The number of fused-ring (bicyclic) bond motifs is 1. The van der Waals surface area contributed by atoms with E-state index in [1.54, 1.807) is 0 Å². The fourth-order valence-electron chi connectivity index (χ4n) is 2.45. The van der Waals surface area contributed by atoms with Gasteiger partial charge in [-0.3, -0.25) is 0 Å². The molecule has 1 aromatic carbocycles. The summed E-state index contributed by atoms with van der Waals surface area (Å²) in [4.78, 5) is 4.67. The number of hydrogen-bond acceptors (Lipinski definition) is 1. The van der Waals surface area contributed by atoms with Gasteiger partial charge in [0.2, 0.25) is 0 Å². The molecule has 0 unspecified atom stereocenters. The molecule has 0 aliphatic heterocycles. The van der Waals surface area contributed by atoms with Crippen LogP contribution in [-0.4, -0.2) is 9.38 Å². The van der Waals surface area contributed by atoms with Crippen molar-refractivity contribution in [3.05, 3.63) is 57.9 Å². The molecule has 2 aromatic heterocycles. The normalized spacial score (nSPS) is 15.0. The van der Waals surface area contributed by atoms with Gasteiger partial charge in [0, 0.05) is 21.5 Å². The summed E-state index contributed by atoms with van der Waals surface area (Å²) in [5.74, 6) is 0.816. The predicted octanol–water partition coefficient (Wildman–Crippen LogP) is 4.48. The Morgan fingerprint density at radius 3 is 2.53 bits per heavy atom. The van der Waals surface area contributed by atoms with E-state index < -0.39 is 0 Å². The van der Waals surface area contributed by atoms with E-state index in [1.807, 2.05) is 0 Å². The molecule has 3 heteroatoms. The maximum absolute atomic E-state index is 4.67. The van der Waals surface area contributed by atoms with Crippen molar-refractivity contribution in [2.24, 2.45) is 0 Å². The Hall–Kier alpha value is -1.36. The first-order valence-corrected chi connectivity index (χ1v) is 7.62. The minimum absolute atomic E-state index is 0.816. The zero-order valence-electron chi connectivity index (χ0n) is 10.4. The lowest BCUT2D eigenvalue weighted by molar-refractivity contribution is 1.13. The molecule has 2 heterocycles. The lowest BCUT2D eigenvalue weighted by Gasteiger charge is -1.99. The molecule has 3 aromatic rings. The molecule has 1 aliphatic carbocycles. The molecular weight excluding hydrogens is 347 g/mol. The Bertz CT molecular complexity index is 739. The summed E-state index contributed by atoms with van der Waals surface area (Å²) in [5, 5.41) is 0. The van der Waals surface area contributed by atoms with Gasteiger partial charge in [-0.1, -0.05) is 24.3 Å². The van der Waals surface area contributed by atoms with Gasteiger partial charge in [-0.05, 0) is 59.0 Å². The summed E-state index contributed by atoms with van der Waals surface area (Å²) in [6.45, 7) is 0. The van der Waals surface area contributed by atoms with Gasteiger partial charge in [0.05, 0.1) is 5.69 Å². The van der Waals surface area contributed by atoms with Crippen LogP contribution in [0.15, 0.2) is 48.8 Å². The minimum atomic E-state index is 0.816. The van der Waals surface area contributed by atoms with E-state index >= 15 is 0 Å². The highest BCUT2D eigenvalue weighted by Gasteiger charge is 2.23. The molecular formula is C16H13IN2. The van der Waals surface area contributed by atoms with Crippen LogP contribution in [-0.2, 0) is 0 Å². The number of pyridine rings is 1. The quantitative estimate of drug-likeness (QED) is 0.616. The fourth-order valence-corrected chi connectivity index (χ4v) is 2.93. The average molecular weight is 360 g/mol. The minimum Gasteiger partial charge on any atom is -0.305 e. The standard InChI is InChI=1S/C16H13IN2/c17-14-7-8-16-18-15(10-19(16)9-14)13-5-3-12(4-6-13)11-1-2-11/h3-11H,1-2H2. The summed E-state index contributed by atoms with van der Waals surface area (Å²) in [5.41, 5.74) is 4.72. The molecule has 0 atom stereocenters. The first kappa shape index (κ1) is 11.5. The van der Waals surface area contributed by atoms with Crippen molar-refractivity contribution in [2.75, 3.05) is 0 Å². The van der Waals surface area contributed by atoms with Gasteiger partial charge in [-0.25, -0.2) is 4.98 Å². The molecule has 0 saturated heterocycles. The van der Waals surface area contributed by atoms with Crippen LogP contribution in [0.4, 0.5) is 0 Å². The zero-order valence-corrected chi connectivity index (χ0v) is 12.5. The van der Waals surface area contributed by atoms with E-state index in [0.717, 1.165) is 17.3 Å². The Labute approximate surface area is 125 Å². The monoisotopic (exact) mass is 360 g/mol. The maximum Gasteiger partial charge on any atom is 0.137 e. The molecule has 0 amide bonds. The predicted molar refractivity (Wildman–Crippen MR) is 85.3 cm³/mol. The number of nitrogens with zero attached hydrogens (tertiary/aromatic N) is 2. The van der Waals surface area contributed by atoms with E-state index in [4.69, 9.17) is 0 Å². The highest BCUT2D eigenvalue weighted by molar-refractivity contribution is 14.1. The van der Waals surface area contributed by atoms with Crippen LogP contribution in [0, 0.1) is 3.57 Å². The molecule has 2 nitrogen and oxygen atoms in total. The Morgan fingerprint density at radius 2 is 1.79 bits per heavy atom. The van der Waals surface area contributed by atoms with Crippen molar-refractivity contribution in [1.82, 2.24) is 9.38 Å². The molecule has 4 rings (SSSR count). The van der Waals surface area contributed by atoms with Gasteiger partial charge in [0.15, 0.2) is 0 Å². The average Bonchev–Trinajstić information content (AvgIpc) is 3.19. The van der Waals surface area contributed by atoms with Crippen LogP contribution in [0.5, 0.6) is 0 Å². The lowest BCUT2D eigenvalue weighted by atomic mass is 10.1. The van der Waals surface area contributed by atoms with Crippen LogP contribution in [0.1, 0.15) is 24.3 Å². The van der Waals surface area contributed by atoms with Crippen molar-refractivity contribution in [3.63, 3.8) is 0 Å². The molecule has 19 heavy (non-hydrogen) atoms. The van der Waals surface area contributed by atoms with Gasteiger partial charge < -0.3 is 4.40 Å². The van der Waals surface area contributed by atoms with Crippen LogP contribution < -0.4 is 0 Å². The van der Waals surface area contributed by atoms with Crippen LogP contribution >= 0.6 is 22.6 Å². The first-order valence-electron chi connectivity index (χ1n) is 6.54. The second-order valence-electron chi connectivity index (χ2n) is 5.14. The van der Waals surface area contributed by atoms with Crippen molar-refractivity contribution >= 4 is 28.2 Å². The Kier molecular flexibility index (Phi) is 2.62. The van der Waals surface area contributed by atoms with E-state index in [-0.39, 0.29) is 0 Å². The van der Waals surface area contributed by atoms with Crippen molar-refractivity contribution in [2.45, 2.75) is 18.8 Å². The van der Waals surface area contributed by atoms with Crippen LogP contribution in [0.3, 0.4) is 0 Å². The maximum atomic E-state index is 4.67. The van der Waals surface area contributed by atoms with E-state index in [2.05, 4.69) is 80.8 Å². The SMILES string of the molecule is Ic1ccc2nc(-c3ccc(C4CC4)cc3)cn2c1. The van der Waals surface area contributed by atoms with Crippen molar-refractivity contribution in [1.29, 1.82) is 0 Å². The molecule has 0 bridgehead atoms. The topological polar surface area (TPSA) is 17.3 Å². The van der Waals surface area contributed by atoms with Crippen LogP contribution in [0.2, 0.25) is 0 Å². The highest BCUT2D eigenvalue weighted by atomic mass is 127. The smallest absolute Gasteiger partial charge is 0.137 e. The number of rotatable bonds is 2. The lowest BCUT2D eigenvalue weighted by Crippen LogP contribution is -1.82. The molecule has 94 valence electrons. The van der Waals surface area contributed by atoms with Gasteiger partial charge in [0.25, 0.3) is 0 Å². The van der Waals surface area contributed by atoms with Gasteiger partial charge in [-0.2, -0.15) is 0 Å². The summed E-state index contributed by atoms with van der Waals surface area (Å²) >= 11 is 2.32. The third kappa shape index (κ3) is 2.16. The Morgan fingerprint density at radius 1 is 1.00 bits per heavy atom. The number of aromatic nitrogens is 2. The first-order chi connectivity index (χ1) is 9.29. The molecule has 1 saturated carbocycles. The third-order valence-corrected chi connectivity index (χ3v) is 4.31. The molecule has 1 fully saturated rings. The number of imidazole rings is 1. The van der Waals surface area contributed by atoms with E-state index in [0.29, 0.717) is 0 Å².